The number of carbonyl (C=O) groups is 1. The number of nitrogens with one attached hydrogen (secondary N) is 1. The van der Waals surface area contributed by atoms with Gasteiger partial charge in [-0.05, 0) is 62.2 Å². The number of benzene rings is 2. The molecule has 5 nitrogen and oxygen atoms in total. The van der Waals surface area contributed by atoms with Gasteiger partial charge in [-0.2, -0.15) is 5.10 Å². The summed E-state index contributed by atoms with van der Waals surface area (Å²) in [6.07, 6.45) is 1.71. The van der Waals surface area contributed by atoms with E-state index in [0.29, 0.717) is 5.75 Å². The highest BCUT2D eigenvalue weighted by atomic mass is 32.2. The predicted octanol–water partition coefficient (Wildman–Crippen LogP) is 4.79. The fourth-order valence-corrected chi connectivity index (χ4v) is 4.05. The van der Waals surface area contributed by atoms with E-state index >= 15 is 0 Å². The Bertz CT molecular complexity index is 1040. The van der Waals surface area contributed by atoms with Gasteiger partial charge in [-0.25, -0.2) is 5.43 Å². The molecule has 3 rings (SSSR count). The molecule has 0 aliphatic rings. The Morgan fingerprint density at radius 2 is 1.90 bits per heavy atom. The average Bonchev–Trinajstić information content (AvgIpc) is 3.01. The second-order valence-electron chi connectivity index (χ2n) is 7.13. The lowest BCUT2D eigenvalue weighted by Crippen LogP contribution is -2.19. The normalized spacial score (nSPS) is 11.1. The molecule has 0 saturated heterocycles. The van der Waals surface area contributed by atoms with Gasteiger partial charge in [0.1, 0.15) is 5.75 Å². The van der Waals surface area contributed by atoms with Crippen LogP contribution in [0.2, 0.25) is 0 Å². The maximum absolute atomic E-state index is 12.1. The second-order valence-corrected chi connectivity index (χ2v) is 8.12. The van der Waals surface area contributed by atoms with Crippen LogP contribution in [0.25, 0.3) is 5.69 Å². The van der Waals surface area contributed by atoms with Gasteiger partial charge in [0.05, 0.1) is 19.1 Å². The number of amides is 1. The number of aryl methyl sites for hydroxylation is 2. The Balaban J connectivity index is 1.53. The maximum Gasteiger partial charge on any atom is 0.250 e. The quantitative estimate of drug-likeness (QED) is 0.420. The molecule has 1 heterocycles. The van der Waals surface area contributed by atoms with Crippen LogP contribution in [0, 0.1) is 20.8 Å². The van der Waals surface area contributed by atoms with E-state index in [0.717, 1.165) is 39.7 Å². The third kappa shape index (κ3) is 5.54. The fraction of sp³-hybridized carbons (Fsp3) is 0.250. The SMILES string of the molecule is COc1ccc(CSCC(=O)N/N=C\c2cc(C)n(-c3cccc(C)c3)c2C)cc1. The molecule has 0 bridgehead atoms. The highest BCUT2D eigenvalue weighted by Crippen LogP contribution is 2.20. The molecule has 0 aliphatic carbocycles. The van der Waals surface area contributed by atoms with Crippen molar-refractivity contribution in [1.29, 1.82) is 0 Å². The molecule has 0 radical (unpaired) electrons. The predicted molar refractivity (Wildman–Crippen MR) is 125 cm³/mol. The van der Waals surface area contributed by atoms with Crippen molar-refractivity contribution in [3.05, 3.63) is 82.7 Å². The van der Waals surface area contributed by atoms with Gasteiger partial charge in [0, 0.05) is 28.4 Å². The highest BCUT2D eigenvalue weighted by Gasteiger charge is 2.09. The summed E-state index contributed by atoms with van der Waals surface area (Å²) >= 11 is 1.55. The third-order valence-corrected chi connectivity index (χ3v) is 5.79. The zero-order valence-electron chi connectivity index (χ0n) is 17.8. The molecule has 30 heavy (non-hydrogen) atoms. The smallest absolute Gasteiger partial charge is 0.250 e. The Morgan fingerprint density at radius 1 is 1.13 bits per heavy atom. The topological polar surface area (TPSA) is 55.6 Å². The lowest BCUT2D eigenvalue weighted by molar-refractivity contribution is -0.118. The summed E-state index contributed by atoms with van der Waals surface area (Å²) in [7, 11) is 1.65. The first-order valence-corrected chi connectivity index (χ1v) is 10.9. The van der Waals surface area contributed by atoms with E-state index < -0.39 is 0 Å². The number of aromatic nitrogens is 1. The van der Waals surface area contributed by atoms with Gasteiger partial charge < -0.3 is 9.30 Å². The average molecular weight is 422 g/mol. The minimum absolute atomic E-state index is 0.114. The van der Waals surface area contributed by atoms with E-state index in [1.165, 1.54) is 5.56 Å². The second kappa shape index (κ2) is 10.2. The summed E-state index contributed by atoms with van der Waals surface area (Å²) < 4.78 is 7.35. The van der Waals surface area contributed by atoms with E-state index in [1.54, 1.807) is 25.1 Å². The monoisotopic (exact) mass is 421 g/mol. The number of ether oxygens (including phenoxy) is 1. The van der Waals surface area contributed by atoms with Crippen LogP contribution in [0.15, 0.2) is 59.7 Å². The molecule has 6 heteroatoms. The van der Waals surface area contributed by atoms with Crippen LogP contribution in [0.3, 0.4) is 0 Å². The molecule has 0 saturated carbocycles. The molecule has 0 unspecified atom stereocenters. The van der Waals surface area contributed by atoms with Gasteiger partial charge in [-0.15, -0.1) is 11.8 Å². The first kappa shape index (κ1) is 21.7. The minimum Gasteiger partial charge on any atom is -0.497 e. The Labute approximate surface area is 182 Å². The number of hydrogen-bond acceptors (Lipinski definition) is 4. The standard InChI is InChI=1S/C24H27N3O2S/c1-17-6-5-7-22(12-17)27-18(2)13-21(19(27)3)14-25-26-24(28)16-30-15-20-8-10-23(29-4)11-9-20/h5-14H,15-16H2,1-4H3,(H,26,28)/b25-14-. The van der Waals surface area contributed by atoms with Crippen molar-refractivity contribution in [2.24, 2.45) is 5.10 Å². The summed E-state index contributed by atoms with van der Waals surface area (Å²) in [5.74, 6) is 1.83. The lowest BCUT2D eigenvalue weighted by atomic mass is 10.2. The molecule has 1 amide bonds. The van der Waals surface area contributed by atoms with Crippen molar-refractivity contribution in [1.82, 2.24) is 9.99 Å². The fourth-order valence-electron chi connectivity index (χ4n) is 3.27. The van der Waals surface area contributed by atoms with Gasteiger partial charge >= 0.3 is 0 Å². The van der Waals surface area contributed by atoms with Gasteiger partial charge in [0.2, 0.25) is 5.91 Å². The van der Waals surface area contributed by atoms with Crippen LogP contribution in [0.4, 0.5) is 0 Å². The Morgan fingerprint density at radius 3 is 2.60 bits per heavy atom. The number of carbonyl (C=O) groups excluding carboxylic acids is 1. The van der Waals surface area contributed by atoms with Crippen molar-refractivity contribution in [2.75, 3.05) is 12.9 Å². The van der Waals surface area contributed by atoms with E-state index in [2.05, 4.69) is 66.2 Å². The zero-order valence-corrected chi connectivity index (χ0v) is 18.6. The van der Waals surface area contributed by atoms with Crippen LogP contribution >= 0.6 is 11.8 Å². The number of hydrogen-bond donors (Lipinski definition) is 1. The number of rotatable bonds is 8. The van der Waals surface area contributed by atoms with Crippen molar-refractivity contribution in [2.45, 2.75) is 26.5 Å². The summed E-state index contributed by atoms with van der Waals surface area (Å²) in [5, 5.41) is 4.15. The molecule has 1 aromatic heterocycles. The van der Waals surface area contributed by atoms with E-state index in [-0.39, 0.29) is 5.91 Å². The molecule has 0 fully saturated rings. The van der Waals surface area contributed by atoms with Crippen molar-refractivity contribution in [3.63, 3.8) is 0 Å². The van der Waals surface area contributed by atoms with Crippen LogP contribution in [0.5, 0.6) is 5.75 Å². The first-order valence-electron chi connectivity index (χ1n) is 9.76. The van der Waals surface area contributed by atoms with Crippen LogP contribution in [-0.2, 0) is 10.5 Å². The van der Waals surface area contributed by atoms with E-state index in [9.17, 15) is 4.79 Å². The van der Waals surface area contributed by atoms with Gasteiger partial charge in [-0.1, -0.05) is 24.3 Å². The zero-order chi connectivity index (χ0) is 21.5. The van der Waals surface area contributed by atoms with E-state index in [4.69, 9.17) is 4.74 Å². The van der Waals surface area contributed by atoms with Crippen LogP contribution in [0.1, 0.15) is 28.1 Å². The van der Waals surface area contributed by atoms with Crippen LogP contribution in [-0.4, -0.2) is 29.6 Å². The highest BCUT2D eigenvalue weighted by molar-refractivity contribution is 7.99. The van der Waals surface area contributed by atoms with Gasteiger partial charge in [0.25, 0.3) is 0 Å². The third-order valence-electron chi connectivity index (χ3n) is 4.78. The maximum atomic E-state index is 12.1. The molecule has 1 N–H and O–H groups in total. The lowest BCUT2D eigenvalue weighted by Gasteiger charge is -2.10. The Hall–Kier alpha value is -2.99. The number of methoxy groups -OCH3 is 1. The van der Waals surface area contributed by atoms with Gasteiger partial charge in [-0.3, -0.25) is 4.79 Å². The molecular formula is C24H27N3O2S. The first-order chi connectivity index (χ1) is 14.5. The van der Waals surface area contributed by atoms with Crippen LogP contribution < -0.4 is 10.2 Å². The number of thioether (sulfide) groups is 1. The molecule has 2 aromatic carbocycles. The molecular weight excluding hydrogens is 394 g/mol. The number of nitrogens with zero attached hydrogens (tertiary/aromatic N) is 2. The largest absolute Gasteiger partial charge is 0.497 e. The number of hydrazone groups is 1. The Kier molecular flexibility index (Phi) is 7.36. The van der Waals surface area contributed by atoms with Crippen molar-refractivity contribution >= 4 is 23.9 Å². The molecule has 156 valence electrons. The van der Waals surface area contributed by atoms with Crippen molar-refractivity contribution in [3.8, 4) is 11.4 Å². The minimum atomic E-state index is -0.114. The van der Waals surface area contributed by atoms with Gasteiger partial charge in [0.15, 0.2) is 0 Å². The molecule has 0 atom stereocenters. The molecule has 0 aliphatic heterocycles. The van der Waals surface area contributed by atoms with Crippen molar-refractivity contribution < 1.29 is 9.53 Å². The summed E-state index contributed by atoms with van der Waals surface area (Å²) in [6.45, 7) is 6.21. The molecule has 0 spiro atoms. The van der Waals surface area contributed by atoms with E-state index in [1.807, 2.05) is 24.3 Å². The summed E-state index contributed by atoms with van der Waals surface area (Å²) in [5.41, 5.74) is 9.32. The summed E-state index contributed by atoms with van der Waals surface area (Å²) in [4.78, 5) is 12.1. The molecule has 3 aromatic rings. The summed E-state index contributed by atoms with van der Waals surface area (Å²) in [6, 6.07) is 18.3.